The van der Waals surface area contributed by atoms with Gasteiger partial charge in [-0.1, -0.05) is 28.9 Å². The molecular formula is C24H17ClFN5O3S. The minimum atomic E-state index is -3.81. The molecule has 1 N–H and O–H groups in total. The van der Waals surface area contributed by atoms with Crippen molar-refractivity contribution in [1.29, 1.82) is 0 Å². The molecule has 0 saturated carbocycles. The highest BCUT2D eigenvalue weighted by atomic mass is 35.5. The summed E-state index contributed by atoms with van der Waals surface area (Å²) in [4.78, 5) is 8.71. The Bertz CT molecular complexity index is 1560. The van der Waals surface area contributed by atoms with E-state index in [1.807, 2.05) is 4.57 Å². The van der Waals surface area contributed by atoms with E-state index in [1.165, 1.54) is 12.1 Å². The largest absolute Gasteiger partial charge is 0.332 e. The van der Waals surface area contributed by atoms with Gasteiger partial charge >= 0.3 is 0 Å². The van der Waals surface area contributed by atoms with Crippen molar-refractivity contribution in [1.82, 2.24) is 19.7 Å². The number of aromatic nitrogens is 4. The Balaban J connectivity index is 1.25. The molecule has 2 heterocycles. The summed E-state index contributed by atoms with van der Waals surface area (Å²) < 4.78 is 47.7. The normalized spacial score (nSPS) is 11.5. The maximum atomic E-state index is 13.1. The van der Waals surface area contributed by atoms with Crippen LogP contribution in [-0.2, 0) is 16.6 Å². The molecule has 0 aliphatic rings. The number of benzene rings is 3. The molecule has 2 aromatic heterocycles. The number of hydrogen-bond acceptors (Lipinski definition) is 6. The fourth-order valence-corrected chi connectivity index (χ4v) is 4.50. The van der Waals surface area contributed by atoms with Crippen molar-refractivity contribution in [3.63, 3.8) is 0 Å². The second-order valence-electron chi connectivity index (χ2n) is 7.62. The van der Waals surface area contributed by atoms with Gasteiger partial charge in [0.05, 0.1) is 11.2 Å². The predicted octanol–water partition coefficient (Wildman–Crippen LogP) is 5.24. The first kappa shape index (κ1) is 22.8. The van der Waals surface area contributed by atoms with Gasteiger partial charge in [-0.3, -0.25) is 4.72 Å². The van der Waals surface area contributed by atoms with Crippen molar-refractivity contribution in [3.05, 3.63) is 102 Å². The van der Waals surface area contributed by atoms with Gasteiger partial charge in [-0.2, -0.15) is 4.98 Å². The fourth-order valence-electron chi connectivity index (χ4n) is 3.32. The predicted molar refractivity (Wildman–Crippen MR) is 129 cm³/mol. The lowest BCUT2D eigenvalue weighted by Gasteiger charge is -2.09. The molecule has 35 heavy (non-hydrogen) atoms. The Hall–Kier alpha value is -4.02. The summed E-state index contributed by atoms with van der Waals surface area (Å²) in [6.45, 7) is 0.496. The smallest absolute Gasteiger partial charge is 0.278 e. The summed E-state index contributed by atoms with van der Waals surface area (Å²) in [5.41, 5.74) is 2.62. The molecule has 0 amide bonds. The van der Waals surface area contributed by atoms with E-state index in [-0.39, 0.29) is 4.90 Å². The van der Waals surface area contributed by atoms with Gasteiger partial charge in [0, 0.05) is 29.0 Å². The van der Waals surface area contributed by atoms with Gasteiger partial charge in [-0.25, -0.2) is 17.8 Å². The van der Waals surface area contributed by atoms with Crippen molar-refractivity contribution >= 4 is 27.3 Å². The molecule has 0 aliphatic heterocycles. The van der Waals surface area contributed by atoms with E-state index in [2.05, 4.69) is 19.8 Å². The SMILES string of the molecule is O=S(=O)(Nc1ccc(Cn2cnc(-c3nc(-c4ccc(Cl)cc4)no3)c2)cc1)c1ccc(F)cc1. The topological polar surface area (TPSA) is 103 Å². The first-order valence-electron chi connectivity index (χ1n) is 10.3. The number of rotatable bonds is 7. The third kappa shape index (κ3) is 5.23. The molecule has 0 spiro atoms. The van der Waals surface area contributed by atoms with Crippen LogP contribution in [-0.4, -0.2) is 28.1 Å². The molecule has 176 valence electrons. The molecule has 5 aromatic rings. The minimum Gasteiger partial charge on any atom is -0.332 e. The van der Waals surface area contributed by atoms with Crippen LogP contribution in [0.5, 0.6) is 0 Å². The number of nitrogens with zero attached hydrogens (tertiary/aromatic N) is 4. The number of hydrogen-bond donors (Lipinski definition) is 1. The summed E-state index contributed by atoms with van der Waals surface area (Å²) in [6, 6.07) is 18.7. The number of nitrogens with one attached hydrogen (secondary N) is 1. The van der Waals surface area contributed by atoms with Crippen LogP contribution in [0.15, 0.2) is 94.7 Å². The molecule has 11 heteroatoms. The monoisotopic (exact) mass is 509 g/mol. The Morgan fingerprint density at radius 3 is 2.40 bits per heavy atom. The molecule has 0 aliphatic carbocycles. The van der Waals surface area contributed by atoms with Crippen LogP contribution < -0.4 is 4.72 Å². The van der Waals surface area contributed by atoms with Gasteiger partial charge in [0.15, 0.2) is 0 Å². The Morgan fingerprint density at radius 2 is 1.69 bits per heavy atom. The van der Waals surface area contributed by atoms with E-state index in [0.29, 0.717) is 34.7 Å². The summed E-state index contributed by atoms with van der Waals surface area (Å²) in [5.74, 6) is 0.223. The minimum absolute atomic E-state index is 0.0193. The van der Waals surface area contributed by atoms with Gasteiger partial charge in [0.2, 0.25) is 5.82 Å². The number of imidazole rings is 1. The standard InChI is InChI=1S/C24H17ClFN5O3S/c25-18-5-3-17(4-6-18)23-28-24(34-29-23)22-14-31(15-27-22)13-16-1-9-20(10-2-16)30-35(32,33)21-11-7-19(26)8-12-21/h1-12,14-15,30H,13H2. The Kier molecular flexibility index (Phi) is 6.06. The molecule has 8 nitrogen and oxygen atoms in total. The zero-order valence-corrected chi connectivity index (χ0v) is 19.5. The van der Waals surface area contributed by atoms with Crippen molar-refractivity contribution in [2.75, 3.05) is 4.72 Å². The lowest BCUT2D eigenvalue weighted by Crippen LogP contribution is -2.13. The fraction of sp³-hybridized carbons (Fsp3) is 0.0417. The van der Waals surface area contributed by atoms with Crippen LogP contribution in [0.25, 0.3) is 23.0 Å². The average molecular weight is 510 g/mol. The number of sulfonamides is 1. The molecule has 0 fully saturated rings. The summed E-state index contributed by atoms with van der Waals surface area (Å²) in [6.07, 6.45) is 3.43. The van der Waals surface area contributed by atoms with Crippen LogP contribution in [0.4, 0.5) is 10.1 Å². The quantitative estimate of drug-likeness (QED) is 0.322. The van der Waals surface area contributed by atoms with E-state index < -0.39 is 15.8 Å². The molecule has 3 aromatic carbocycles. The Morgan fingerprint density at radius 1 is 0.971 bits per heavy atom. The molecule has 0 atom stereocenters. The summed E-state index contributed by atoms with van der Waals surface area (Å²) >= 11 is 5.92. The highest BCUT2D eigenvalue weighted by Gasteiger charge is 2.15. The van der Waals surface area contributed by atoms with Gasteiger partial charge in [0.25, 0.3) is 15.9 Å². The van der Waals surface area contributed by atoms with E-state index in [0.717, 1.165) is 23.3 Å². The van der Waals surface area contributed by atoms with Crippen molar-refractivity contribution in [2.45, 2.75) is 11.4 Å². The third-order valence-corrected chi connectivity index (χ3v) is 6.73. The summed E-state index contributed by atoms with van der Waals surface area (Å²) in [5, 5.41) is 4.62. The van der Waals surface area contributed by atoms with Crippen molar-refractivity contribution in [3.8, 4) is 23.0 Å². The van der Waals surface area contributed by atoms with E-state index in [9.17, 15) is 12.8 Å². The highest BCUT2D eigenvalue weighted by Crippen LogP contribution is 2.23. The first-order chi connectivity index (χ1) is 16.9. The molecule has 0 saturated heterocycles. The summed E-state index contributed by atoms with van der Waals surface area (Å²) in [7, 11) is -3.81. The van der Waals surface area contributed by atoms with Crippen LogP contribution in [0.2, 0.25) is 5.02 Å². The van der Waals surface area contributed by atoms with Crippen LogP contribution >= 0.6 is 11.6 Å². The van der Waals surface area contributed by atoms with Crippen LogP contribution in [0.3, 0.4) is 0 Å². The molecule has 5 rings (SSSR count). The molecule has 0 unspecified atom stereocenters. The van der Waals surface area contributed by atoms with Gasteiger partial charge < -0.3 is 9.09 Å². The average Bonchev–Trinajstić information content (AvgIpc) is 3.51. The van der Waals surface area contributed by atoms with Gasteiger partial charge in [-0.05, 0) is 66.2 Å². The first-order valence-corrected chi connectivity index (χ1v) is 12.2. The molecule has 0 bridgehead atoms. The van der Waals surface area contributed by atoms with Gasteiger partial charge in [0.1, 0.15) is 11.5 Å². The Labute approximate surface area is 205 Å². The van der Waals surface area contributed by atoms with Crippen molar-refractivity contribution < 1.29 is 17.3 Å². The third-order valence-electron chi connectivity index (χ3n) is 5.08. The van der Waals surface area contributed by atoms with E-state index >= 15 is 0 Å². The maximum Gasteiger partial charge on any atom is 0.278 e. The number of halogens is 2. The zero-order chi connectivity index (χ0) is 24.4. The van der Waals surface area contributed by atoms with Crippen LogP contribution in [0.1, 0.15) is 5.56 Å². The number of anilines is 1. The second-order valence-corrected chi connectivity index (χ2v) is 9.74. The maximum absolute atomic E-state index is 13.1. The highest BCUT2D eigenvalue weighted by molar-refractivity contribution is 7.92. The van der Waals surface area contributed by atoms with Crippen molar-refractivity contribution in [2.24, 2.45) is 0 Å². The lowest BCUT2D eigenvalue weighted by molar-refractivity contribution is 0.431. The zero-order valence-electron chi connectivity index (χ0n) is 18.0. The molecular weight excluding hydrogens is 493 g/mol. The second kappa shape index (κ2) is 9.32. The molecule has 0 radical (unpaired) electrons. The van der Waals surface area contributed by atoms with E-state index in [4.69, 9.17) is 16.1 Å². The lowest BCUT2D eigenvalue weighted by atomic mass is 10.2. The van der Waals surface area contributed by atoms with E-state index in [1.54, 1.807) is 61.1 Å². The van der Waals surface area contributed by atoms with Gasteiger partial charge in [-0.15, -0.1) is 0 Å². The van der Waals surface area contributed by atoms with Crippen LogP contribution in [0, 0.1) is 5.82 Å².